The lowest BCUT2D eigenvalue weighted by Crippen LogP contribution is -2.33. The van der Waals surface area contributed by atoms with Crippen LogP contribution in [0.5, 0.6) is 0 Å². The highest BCUT2D eigenvalue weighted by molar-refractivity contribution is 8.13. The molecule has 0 aromatic heterocycles. The minimum atomic E-state index is -3.58. The van der Waals surface area contributed by atoms with Crippen LogP contribution in [0, 0.1) is 0 Å². The van der Waals surface area contributed by atoms with Crippen LogP contribution in [-0.2, 0) is 18.6 Å². The van der Waals surface area contributed by atoms with Gasteiger partial charge in [-0.3, -0.25) is 4.79 Å². The van der Waals surface area contributed by atoms with Crippen molar-refractivity contribution < 1.29 is 17.9 Å². The molecule has 0 rings (SSSR count). The monoisotopic (exact) mass is 215 g/mol. The number of hydrogen-bond acceptors (Lipinski definition) is 5. The Hall–Kier alpha value is -0.330. The highest BCUT2D eigenvalue weighted by Crippen LogP contribution is 2.01. The molecule has 0 radical (unpaired) electrons. The lowest BCUT2D eigenvalue weighted by molar-refractivity contribution is -0.142. The molecule has 0 aromatic carbocycles. The van der Waals surface area contributed by atoms with Gasteiger partial charge in [0.25, 0.3) is 0 Å². The van der Waals surface area contributed by atoms with Crippen LogP contribution in [-0.4, -0.2) is 33.3 Å². The van der Waals surface area contributed by atoms with E-state index in [1.165, 1.54) is 7.11 Å². The standard InChI is InChI=1S/C5H10ClNO4S/c1-11-5(8)4(7)2-3-12(6,9)10/h4H,2-3,7H2,1H3/t4-/m0/s1. The van der Waals surface area contributed by atoms with Gasteiger partial charge < -0.3 is 10.5 Å². The number of ether oxygens (including phenoxy) is 1. The Morgan fingerprint density at radius 1 is 1.67 bits per heavy atom. The van der Waals surface area contributed by atoms with Gasteiger partial charge in [0.15, 0.2) is 0 Å². The molecule has 0 saturated carbocycles. The molecule has 0 unspecified atom stereocenters. The van der Waals surface area contributed by atoms with E-state index in [9.17, 15) is 13.2 Å². The molecule has 12 heavy (non-hydrogen) atoms. The van der Waals surface area contributed by atoms with Crippen molar-refractivity contribution in [1.29, 1.82) is 0 Å². The minimum absolute atomic E-state index is 0.0293. The van der Waals surface area contributed by atoms with Crippen molar-refractivity contribution in [2.45, 2.75) is 12.5 Å². The number of carbonyl (C=O) groups is 1. The molecule has 7 heteroatoms. The predicted molar refractivity (Wildman–Crippen MR) is 44.2 cm³/mol. The zero-order valence-corrected chi connectivity index (χ0v) is 8.06. The highest BCUT2D eigenvalue weighted by atomic mass is 35.7. The molecule has 0 spiro atoms. The summed E-state index contributed by atoms with van der Waals surface area (Å²) in [5.41, 5.74) is 5.24. The number of rotatable bonds is 4. The van der Waals surface area contributed by atoms with Crippen molar-refractivity contribution in [3.05, 3.63) is 0 Å². The summed E-state index contributed by atoms with van der Waals surface area (Å²) in [6.45, 7) is 0. The van der Waals surface area contributed by atoms with Crippen molar-refractivity contribution in [1.82, 2.24) is 0 Å². The number of esters is 1. The largest absolute Gasteiger partial charge is 0.468 e. The van der Waals surface area contributed by atoms with Gasteiger partial charge in [0.05, 0.1) is 12.9 Å². The average Bonchev–Trinajstić information content (AvgIpc) is 1.97. The van der Waals surface area contributed by atoms with E-state index in [2.05, 4.69) is 4.74 Å². The molecular formula is C5H10ClNO4S. The first-order valence-electron chi connectivity index (χ1n) is 3.12. The molecule has 0 fully saturated rings. The maximum Gasteiger partial charge on any atom is 0.322 e. The van der Waals surface area contributed by atoms with E-state index >= 15 is 0 Å². The van der Waals surface area contributed by atoms with Gasteiger partial charge >= 0.3 is 5.97 Å². The number of methoxy groups -OCH3 is 1. The Kier molecular flexibility index (Phi) is 4.51. The second-order valence-corrected chi connectivity index (χ2v) is 5.06. The van der Waals surface area contributed by atoms with Gasteiger partial charge in [0.2, 0.25) is 9.05 Å². The van der Waals surface area contributed by atoms with Gasteiger partial charge in [-0.05, 0) is 6.42 Å². The predicted octanol–water partition coefficient (Wildman–Crippen LogP) is -0.555. The van der Waals surface area contributed by atoms with Crippen molar-refractivity contribution in [3.63, 3.8) is 0 Å². The quantitative estimate of drug-likeness (QED) is 0.502. The van der Waals surface area contributed by atoms with Crippen LogP contribution >= 0.6 is 10.7 Å². The van der Waals surface area contributed by atoms with Crippen LogP contribution in [0.1, 0.15) is 6.42 Å². The van der Waals surface area contributed by atoms with Crippen LogP contribution in [0.15, 0.2) is 0 Å². The Bertz CT molecular complexity index is 250. The van der Waals surface area contributed by atoms with E-state index in [1.807, 2.05) is 0 Å². The highest BCUT2D eigenvalue weighted by Gasteiger charge is 2.16. The van der Waals surface area contributed by atoms with Crippen LogP contribution in [0.2, 0.25) is 0 Å². The van der Waals surface area contributed by atoms with E-state index in [-0.39, 0.29) is 12.2 Å². The summed E-state index contributed by atoms with van der Waals surface area (Å²) in [5.74, 6) is -0.972. The van der Waals surface area contributed by atoms with E-state index in [0.29, 0.717) is 0 Å². The van der Waals surface area contributed by atoms with E-state index in [1.54, 1.807) is 0 Å². The normalized spacial score (nSPS) is 13.9. The first kappa shape index (κ1) is 11.7. The fourth-order valence-electron chi connectivity index (χ4n) is 0.537. The minimum Gasteiger partial charge on any atom is -0.468 e. The number of halogens is 1. The first-order chi connectivity index (χ1) is 5.37. The molecular weight excluding hydrogens is 206 g/mol. The van der Waals surface area contributed by atoms with Gasteiger partial charge in [-0.25, -0.2) is 8.42 Å². The van der Waals surface area contributed by atoms with Gasteiger partial charge in [-0.15, -0.1) is 0 Å². The van der Waals surface area contributed by atoms with E-state index < -0.39 is 21.1 Å². The maximum absolute atomic E-state index is 10.6. The molecule has 0 amide bonds. The average molecular weight is 216 g/mol. The lowest BCUT2D eigenvalue weighted by Gasteiger charge is -2.06. The van der Waals surface area contributed by atoms with Crippen LogP contribution in [0.3, 0.4) is 0 Å². The zero-order valence-electron chi connectivity index (χ0n) is 6.49. The summed E-state index contributed by atoms with van der Waals surface area (Å²) in [7, 11) is 2.49. The summed E-state index contributed by atoms with van der Waals surface area (Å²) in [6, 6.07) is -0.927. The topological polar surface area (TPSA) is 86.5 Å². The molecule has 0 aromatic rings. The SMILES string of the molecule is COC(=O)[C@@H](N)CCS(=O)(=O)Cl. The van der Waals surface area contributed by atoms with Crippen molar-refractivity contribution in [3.8, 4) is 0 Å². The summed E-state index contributed by atoms with van der Waals surface area (Å²) in [6.07, 6.45) is -0.0293. The molecule has 0 bridgehead atoms. The Morgan fingerprint density at radius 3 is 2.50 bits per heavy atom. The third-order valence-corrected chi connectivity index (χ3v) is 2.36. The van der Waals surface area contributed by atoms with E-state index in [0.717, 1.165) is 0 Å². The van der Waals surface area contributed by atoms with Gasteiger partial charge in [0.1, 0.15) is 6.04 Å². The molecule has 2 N–H and O–H groups in total. The number of nitrogens with two attached hydrogens (primary N) is 1. The molecule has 5 nitrogen and oxygen atoms in total. The number of carbonyl (C=O) groups excluding carboxylic acids is 1. The summed E-state index contributed by atoms with van der Waals surface area (Å²) in [5, 5.41) is 0. The zero-order chi connectivity index (χ0) is 9.78. The molecule has 72 valence electrons. The van der Waals surface area contributed by atoms with Crippen molar-refractivity contribution >= 4 is 25.7 Å². The second kappa shape index (κ2) is 4.64. The van der Waals surface area contributed by atoms with Crippen molar-refractivity contribution in [2.75, 3.05) is 12.9 Å². The van der Waals surface area contributed by atoms with Crippen LogP contribution in [0.4, 0.5) is 0 Å². The van der Waals surface area contributed by atoms with Gasteiger partial charge in [-0.2, -0.15) is 0 Å². The smallest absolute Gasteiger partial charge is 0.322 e. The first-order valence-corrected chi connectivity index (χ1v) is 5.60. The molecule has 0 heterocycles. The third-order valence-electron chi connectivity index (χ3n) is 1.18. The second-order valence-electron chi connectivity index (χ2n) is 2.16. The summed E-state index contributed by atoms with van der Waals surface area (Å²) in [4.78, 5) is 10.6. The third kappa shape index (κ3) is 5.34. The summed E-state index contributed by atoms with van der Waals surface area (Å²) < 4.78 is 25.1. The Balaban J connectivity index is 3.88. The maximum atomic E-state index is 10.6. The molecule has 0 saturated heterocycles. The molecule has 0 aliphatic heterocycles. The summed E-state index contributed by atoms with van der Waals surface area (Å²) >= 11 is 0. The van der Waals surface area contributed by atoms with Crippen LogP contribution in [0.25, 0.3) is 0 Å². The Morgan fingerprint density at radius 2 is 2.17 bits per heavy atom. The fourth-order valence-corrected chi connectivity index (χ4v) is 1.34. The molecule has 0 aliphatic carbocycles. The lowest BCUT2D eigenvalue weighted by atomic mass is 10.2. The van der Waals surface area contributed by atoms with Crippen molar-refractivity contribution in [2.24, 2.45) is 5.73 Å². The Labute approximate surface area is 75.2 Å². The number of hydrogen-bond donors (Lipinski definition) is 1. The van der Waals surface area contributed by atoms with Crippen LogP contribution < -0.4 is 5.73 Å². The molecule has 0 aliphatic rings. The van der Waals surface area contributed by atoms with E-state index in [4.69, 9.17) is 16.4 Å². The van der Waals surface area contributed by atoms with Gasteiger partial charge in [0, 0.05) is 10.7 Å². The fraction of sp³-hybridized carbons (Fsp3) is 0.800. The molecule has 1 atom stereocenters. The van der Waals surface area contributed by atoms with Gasteiger partial charge in [-0.1, -0.05) is 0 Å².